The van der Waals surface area contributed by atoms with Crippen LogP contribution < -0.4 is 9.80 Å². The number of nitrogens with zero attached hydrogens (tertiary/aromatic N) is 2. The summed E-state index contributed by atoms with van der Waals surface area (Å²) in [6.07, 6.45) is 6.61. The number of hydrogen-bond donors (Lipinski definition) is 0. The fourth-order valence-corrected chi connectivity index (χ4v) is 4.11. The summed E-state index contributed by atoms with van der Waals surface area (Å²) in [4.78, 5) is 4.77. The molecule has 0 radical (unpaired) electrons. The summed E-state index contributed by atoms with van der Waals surface area (Å²) in [6.45, 7) is 12.9. The molecule has 32 heavy (non-hydrogen) atoms. The number of benzene rings is 3. The van der Waals surface area contributed by atoms with E-state index in [4.69, 9.17) is 0 Å². The molecule has 0 fully saturated rings. The summed E-state index contributed by atoms with van der Waals surface area (Å²) in [5.74, 6) is 0. The first-order chi connectivity index (χ1) is 15.7. The van der Waals surface area contributed by atoms with Gasteiger partial charge in [0.15, 0.2) is 0 Å². The minimum Gasteiger partial charge on any atom is -0.372 e. The van der Waals surface area contributed by atoms with Gasteiger partial charge >= 0.3 is 0 Å². The van der Waals surface area contributed by atoms with Gasteiger partial charge in [-0.25, -0.2) is 0 Å². The molecule has 0 heterocycles. The van der Waals surface area contributed by atoms with E-state index < -0.39 is 0 Å². The van der Waals surface area contributed by atoms with E-state index in [1.54, 1.807) is 0 Å². The smallest absolute Gasteiger partial charge is 0.0372 e. The number of allylic oxidation sites excluding steroid dienone is 2. The van der Waals surface area contributed by atoms with Crippen molar-refractivity contribution in [2.45, 2.75) is 27.7 Å². The fraction of sp³-hybridized carbons (Fsp3) is 0.267. The van der Waals surface area contributed by atoms with Gasteiger partial charge in [0.1, 0.15) is 0 Å². The Kier molecular flexibility index (Phi) is 8.74. The quantitative estimate of drug-likeness (QED) is 0.310. The summed E-state index contributed by atoms with van der Waals surface area (Å²) in [6, 6.07) is 28.3. The highest BCUT2D eigenvalue weighted by Crippen LogP contribution is 2.27. The van der Waals surface area contributed by atoms with E-state index in [1.807, 2.05) is 0 Å². The van der Waals surface area contributed by atoms with E-state index in [2.05, 4.69) is 135 Å². The van der Waals surface area contributed by atoms with Crippen molar-refractivity contribution >= 4 is 23.0 Å². The van der Waals surface area contributed by atoms with Crippen LogP contribution in [-0.2, 0) is 0 Å². The first-order valence-electron chi connectivity index (χ1n) is 11.8. The second kappa shape index (κ2) is 12.0. The number of anilines is 2. The molecule has 0 atom stereocenters. The Morgan fingerprint density at radius 3 is 1.81 bits per heavy atom. The highest BCUT2D eigenvalue weighted by molar-refractivity contribution is 5.83. The van der Waals surface area contributed by atoms with Gasteiger partial charge < -0.3 is 9.80 Å². The average Bonchev–Trinajstić information content (AvgIpc) is 2.84. The minimum atomic E-state index is 1.01. The topological polar surface area (TPSA) is 6.48 Å². The first-order valence-corrected chi connectivity index (χ1v) is 11.8. The van der Waals surface area contributed by atoms with Crippen molar-refractivity contribution in [2.75, 3.05) is 36.0 Å². The summed E-state index contributed by atoms with van der Waals surface area (Å²) < 4.78 is 0. The highest BCUT2D eigenvalue weighted by Gasteiger charge is 2.08. The number of hydrogen-bond acceptors (Lipinski definition) is 2. The lowest BCUT2D eigenvalue weighted by Gasteiger charge is -2.22. The zero-order valence-electron chi connectivity index (χ0n) is 20.0. The molecule has 0 amide bonds. The standard InChI is InChI=1S/C30H36N2/c1-5-31(6-2)28-20-12-15-25(23-28)16-13-22-30(26-17-10-9-11-18-26)27-19-14-21-29(24-27)32(7-3)8-4/h9-24H,5-8H2,1-4H3/b16-13+,30-22+. The molecule has 0 aromatic heterocycles. The Bertz CT molecular complexity index is 1030. The van der Waals surface area contributed by atoms with E-state index in [9.17, 15) is 0 Å². The normalized spacial score (nSPS) is 11.7. The van der Waals surface area contributed by atoms with Gasteiger partial charge in [0.05, 0.1) is 0 Å². The zero-order chi connectivity index (χ0) is 22.8. The van der Waals surface area contributed by atoms with Crippen molar-refractivity contribution < 1.29 is 0 Å². The average molecular weight is 425 g/mol. The van der Waals surface area contributed by atoms with Crippen molar-refractivity contribution in [3.05, 3.63) is 108 Å². The van der Waals surface area contributed by atoms with Gasteiger partial charge in [-0.3, -0.25) is 0 Å². The molecule has 166 valence electrons. The maximum Gasteiger partial charge on any atom is 0.0372 e. The fourth-order valence-electron chi connectivity index (χ4n) is 4.11. The third-order valence-corrected chi connectivity index (χ3v) is 5.92. The van der Waals surface area contributed by atoms with Crippen molar-refractivity contribution in [3.63, 3.8) is 0 Å². The molecule has 2 nitrogen and oxygen atoms in total. The van der Waals surface area contributed by atoms with Gasteiger partial charge in [-0.1, -0.05) is 72.8 Å². The molecule has 0 saturated carbocycles. The summed E-state index contributed by atoms with van der Waals surface area (Å²) in [5, 5.41) is 0. The molecule has 3 aromatic carbocycles. The van der Waals surface area contributed by atoms with Gasteiger partial charge in [-0.05, 0) is 74.2 Å². The van der Waals surface area contributed by atoms with Crippen LogP contribution in [0.1, 0.15) is 44.4 Å². The van der Waals surface area contributed by atoms with Crippen LogP contribution in [-0.4, -0.2) is 26.2 Å². The Labute approximate surface area is 194 Å². The molecule has 0 aliphatic heterocycles. The van der Waals surface area contributed by atoms with Crippen LogP contribution in [0.25, 0.3) is 11.6 Å². The molecule has 3 aromatic rings. The SMILES string of the molecule is CCN(CC)c1cccc(/C=C/C=C(\c2ccccc2)c2cccc(N(CC)CC)c2)c1. The monoisotopic (exact) mass is 424 g/mol. The predicted molar refractivity (Wildman–Crippen MR) is 143 cm³/mol. The Balaban J connectivity index is 1.96. The van der Waals surface area contributed by atoms with Gasteiger partial charge in [-0.2, -0.15) is 0 Å². The van der Waals surface area contributed by atoms with Crippen LogP contribution in [0.2, 0.25) is 0 Å². The second-order valence-corrected chi connectivity index (χ2v) is 7.80. The van der Waals surface area contributed by atoms with Gasteiger partial charge in [-0.15, -0.1) is 0 Å². The lowest BCUT2D eigenvalue weighted by Crippen LogP contribution is -2.21. The van der Waals surface area contributed by atoms with Crippen LogP contribution in [0.3, 0.4) is 0 Å². The molecule has 0 bridgehead atoms. The molecule has 0 aliphatic carbocycles. The van der Waals surface area contributed by atoms with Crippen molar-refractivity contribution in [3.8, 4) is 0 Å². The van der Waals surface area contributed by atoms with Gasteiger partial charge in [0.2, 0.25) is 0 Å². The highest BCUT2D eigenvalue weighted by atomic mass is 15.1. The summed E-state index contributed by atoms with van der Waals surface area (Å²) in [5.41, 5.74) is 7.46. The second-order valence-electron chi connectivity index (χ2n) is 7.80. The molecule has 0 aliphatic rings. The molecule has 0 spiro atoms. The molecular weight excluding hydrogens is 388 g/mol. The largest absolute Gasteiger partial charge is 0.372 e. The summed E-state index contributed by atoms with van der Waals surface area (Å²) in [7, 11) is 0. The maximum absolute atomic E-state index is 2.39. The minimum absolute atomic E-state index is 1.01. The first kappa shape index (κ1) is 23.4. The molecule has 0 unspecified atom stereocenters. The summed E-state index contributed by atoms with van der Waals surface area (Å²) >= 11 is 0. The maximum atomic E-state index is 2.39. The van der Waals surface area contributed by atoms with Crippen LogP contribution in [0.5, 0.6) is 0 Å². The van der Waals surface area contributed by atoms with Crippen LogP contribution >= 0.6 is 0 Å². The lowest BCUT2D eigenvalue weighted by molar-refractivity contribution is 0.866. The Morgan fingerprint density at radius 2 is 1.19 bits per heavy atom. The van der Waals surface area contributed by atoms with Gasteiger partial charge in [0.25, 0.3) is 0 Å². The van der Waals surface area contributed by atoms with Crippen molar-refractivity contribution in [1.29, 1.82) is 0 Å². The van der Waals surface area contributed by atoms with E-state index in [1.165, 1.54) is 33.6 Å². The third-order valence-electron chi connectivity index (χ3n) is 5.92. The molecule has 2 heteroatoms. The molecular formula is C30H36N2. The van der Waals surface area contributed by atoms with E-state index in [0.717, 1.165) is 26.2 Å². The predicted octanol–water partition coefficient (Wildman–Crippen LogP) is 7.52. The molecule has 0 N–H and O–H groups in total. The molecule has 3 rings (SSSR count). The Morgan fingerprint density at radius 1 is 0.625 bits per heavy atom. The zero-order valence-corrected chi connectivity index (χ0v) is 20.0. The van der Waals surface area contributed by atoms with Crippen molar-refractivity contribution in [1.82, 2.24) is 0 Å². The molecule has 0 saturated heterocycles. The van der Waals surface area contributed by atoms with E-state index in [-0.39, 0.29) is 0 Å². The van der Waals surface area contributed by atoms with Crippen LogP contribution in [0.15, 0.2) is 91.0 Å². The van der Waals surface area contributed by atoms with Crippen LogP contribution in [0.4, 0.5) is 11.4 Å². The third kappa shape index (κ3) is 5.91. The lowest BCUT2D eigenvalue weighted by atomic mass is 9.96. The van der Waals surface area contributed by atoms with Crippen molar-refractivity contribution in [2.24, 2.45) is 0 Å². The Hall–Kier alpha value is -3.26. The van der Waals surface area contributed by atoms with E-state index in [0.29, 0.717) is 0 Å². The van der Waals surface area contributed by atoms with Crippen LogP contribution in [0, 0.1) is 0 Å². The van der Waals surface area contributed by atoms with E-state index >= 15 is 0 Å². The number of rotatable bonds is 10. The van der Waals surface area contributed by atoms with Gasteiger partial charge in [0, 0.05) is 37.6 Å².